The number of sulfonamides is 1. The summed E-state index contributed by atoms with van der Waals surface area (Å²) in [5, 5.41) is 5.65. The van der Waals surface area contributed by atoms with Crippen molar-refractivity contribution in [2.45, 2.75) is 25.1 Å². The number of nitrogens with zero attached hydrogens (tertiary/aromatic N) is 2. The molecule has 0 radical (unpaired) electrons. The molecule has 10 heteroatoms. The van der Waals surface area contributed by atoms with Crippen molar-refractivity contribution in [3.63, 3.8) is 0 Å². The van der Waals surface area contributed by atoms with Gasteiger partial charge in [-0.15, -0.1) is 0 Å². The second-order valence-electron chi connectivity index (χ2n) is 8.60. The van der Waals surface area contributed by atoms with Crippen LogP contribution in [0.2, 0.25) is 0 Å². The zero-order valence-corrected chi connectivity index (χ0v) is 20.4. The van der Waals surface area contributed by atoms with E-state index >= 15 is 0 Å². The summed E-state index contributed by atoms with van der Waals surface area (Å²) in [5.41, 5.74) is 1.69. The van der Waals surface area contributed by atoms with Gasteiger partial charge in [-0.3, -0.25) is 14.6 Å². The fourth-order valence-electron chi connectivity index (χ4n) is 4.10. The Balaban J connectivity index is 1.34. The van der Waals surface area contributed by atoms with Crippen LogP contribution in [0, 0.1) is 11.7 Å². The molecule has 0 unspecified atom stereocenters. The van der Waals surface area contributed by atoms with Crippen LogP contribution < -0.4 is 10.6 Å². The number of nitrogens with one attached hydrogen (secondary N) is 2. The lowest BCUT2D eigenvalue weighted by Gasteiger charge is -2.30. The molecule has 2 amide bonds. The molecule has 1 aliphatic heterocycles. The Bertz CT molecular complexity index is 1330. The van der Waals surface area contributed by atoms with Crippen LogP contribution in [-0.4, -0.2) is 42.6 Å². The summed E-state index contributed by atoms with van der Waals surface area (Å²) in [4.78, 5) is 29.7. The molecule has 2 aromatic carbocycles. The summed E-state index contributed by atoms with van der Waals surface area (Å²) >= 11 is 0. The molecule has 4 rings (SSSR count). The lowest BCUT2D eigenvalue weighted by Crippen LogP contribution is -2.42. The fraction of sp³-hybridized carbons (Fsp3) is 0.269. The Hall–Kier alpha value is -3.63. The molecule has 36 heavy (non-hydrogen) atoms. The number of halogens is 1. The van der Waals surface area contributed by atoms with Gasteiger partial charge >= 0.3 is 0 Å². The van der Waals surface area contributed by atoms with Crippen LogP contribution in [-0.2, 0) is 27.1 Å². The highest BCUT2D eigenvalue weighted by molar-refractivity contribution is 7.88. The van der Waals surface area contributed by atoms with Crippen molar-refractivity contribution in [1.82, 2.24) is 14.6 Å². The van der Waals surface area contributed by atoms with Crippen LogP contribution in [0.3, 0.4) is 0 Å². The normalized spacial score (nSPS) is 14.8. The third-order valence-electron chi connectivity index (χ3n) is 6.12. The maximum absolute atomic E-state index is 13.9. The highest BCUT2D eigenvalue weighted by atomic mass is 32.2. The van der Waals surface area contributed by atoms with Gasteiger partial charge in [-0.25, -0.2) is 17.1 Å². The van der Waals surface area contributed by atoms with Crippen molar-refractivity contribution in [1.29, 1.82) is 0 Å². The van der Waals surface area contributed by atoms with E-state index in [4.69, 9.17) is 0 Å². The van der Waals surface area contributed by atoms with Gasteiger partial charge in [0.2, 0.25) is 15.9 Å². The first-order valence-corrected chi connectivity index (χ1v) is 13.2. The summed E-state index contributed by atoms with van der Waals surface area (Å²) in [5.74, 6) is -1.98. The molecule has 188 valence electrons. The number of anilines is 1. The lowest BCUT2D eigenvalue weighted by atomic mass is 9.97. The van der Waals surface area contributed by atoms with E-state index in [1.165, 1.54) is 22.5 Å². The molecule has 0 saturated carbocycles. The van der Waals surface area contributed by atoms with Crippen LogP contribution in [0.5, 0.6) is 0 Å². The third kappa shape index (κ3) is 6.32. The number of amides is 2. The van der Waals surface area contributed by atoms with Crippen LogP contribution >= 0.6 is 0 Å². The van der Waals surface area contributed by atoms with Gasteiger partial charge in [0, 0.05) is 43.5 Å². The molecule has 3 aromatic rings. The maximum atomic E-state index is 13.9. The van der Waals surface area contributed by atoms with Crippen molar-refractivity contribution in [2.24, 2.45) is 5.92 Å². The van der Waals surface area contributed by atoms with Crippen LogP contribution in [0.4, 0.5) is 10.1 Å². The summed E-state index contributed by atoms with van der Waals surface area (Å²) in [6, 6.07) is 16.2. The molecule has 0 aliphatic carbocycles. The maximum Gasteiger partial charge on any atom is 0.253 e. The van der Waals surface area contributed by atoms with Crippen LogP contribution in [0.15, 0.2) is 73.1 Å². The summed E-state index contributed by atoms with van der Waals surface area (Å²) in [6.07, 6.45) is 3.98. The molecule has 1 aromatic heterocycles. The van der Waals surface area contributed by atoms with E-state index < -0.39 is 27.5 Å². The smallest absolute Gasteiger partial charge is 0.253 e. The second-order valence-corrected chi connectivity index (χ2v) is 10.6. The van der Waals surface area contributed by atoms with Gasteiger partial charge in [0.1, 0.15) is 5.82 Å². The van der Waals surface area contributed by atoms with Gasteiger partial charge in [-0.1, -0.05) is 36.4 Å². The summed E-state index contributed by atoms with van der Waals surface area (Å²) in [7, 11) is -3.71. The van der Waals surface area contributed by atoms with Gasteiger partial charge in [-0.05, 0) is 42.7 Å². The Morgan fingerprint density at radius 1 is 1.00 bits per heavy atom. The summed E-state index contributed by atoms with van der Waals surface area (Å²) < 4.78 is 40.8. The highest BCUT2D eigenvalue weighted by Gasteiger charge is 2.32. The first kappa shape index (κ1) is 25.5. The predicted molar refractivity (Wildman–Crippen MR) is 134 cm³/mol. The topological polar surface area (TPSA) is 108 Å². The minimum atomic E-state index is -3.71. The van der Waals surface area contributed by atoms with Gasteiger partial charge in [0.25, 0.3) is 5.91 Å². The first-order valence-electron chi connectivity index (χ1n) is 11.6. The summed E-state index contributed by atoms with van der Waals surface area (Å²) in [6.45, 7) is 0.638. The number of rotatable bonds is 8. The van der Waals surface area contributed by atoms with E-state index in [9.17, 15) is 22.4 Å². The Labute approximate surface area is 209 Å². The van der Waals surface area contributed by atoms with E-state index in [2.05, 4.69) is 15.6 Å². The number of carbonyl (C=O) groups excluding carboxylic acids is 2. The Morgan fingerprint density at radius 2 is 1.72 bits per heavy atom. The molecule has 0 spiro atoms. The van der Waals surface area contributed by atoms with Crippen LogP contribution in [0.1, 0.15) is 34.3 Å². The van der Waals surface area contributed by atoms with E-state index in [-0.39, 0.29) is 30.5 Å². The fourth-order valence-corrected chi connectivity index (χ4v) is 5.68. The molecule has 2 N–H and O–H groups in total. The predicted octanol–water partition coefficient (Wildman–Crippen LogP) is 3.33. The minimum Gasteiger partial charge on any atom is -0.348 e. The minimum absolute atomic E-state index is 0.121. The van der Waals surface area contributed by atoms with Crippen molar-refractivity contribution in [3.8, 4) is 0 Å². The lowest BCUT2D eigenvalue weighted by molar-refractivity contribution is -0.120. The van der Waals surface area contributed by atoms with E-state index in [0.717, 1.165) is 5.56 Å². The molecular formula is C26H27FN4O4S. The molecule has 1 saturated heterocycles. The Morgan fingerprint density at radius 3 is 2.44 bits per heavy atom. The molecule has 8 nitrogen and oxygen atoms in total. The monoisotopic (exact) mass is 510 g/mol. The SMILES string of the molecule is O=C(NCc1cccnc1)c1ccccc1NC(=O)C1CCN(S(=O)(=O)Cc2ccccc2F)CC1. The average Bonchev–Trinajstić information content (AvgIpc) is 2.89. The van der Waals surface area contributed by atoms with E-state index in [1.807, 2.05) is 6.07 Å². The Kier molecular flexibility index (Phi) is 8.07. The number of para-hydroxylation sites is 1. The standard InChI is InChI=1S/C26H27FN4O4S/c27-23-9-3-1-7-21(23)18-36(34,35)31-14-11-20(12-15-31)25(32)30-24-10-4-2-8-22(24)26(33)29-17-19-6-5-13-28-16-19/h1-10,13,16,20H,11-12,14-15,17-18H2,(H,29,33)(H,30,32). The van der Waals surface area contributed by atoms with Crippen molar-refractivity contribution in [3.05, 3.63) is 95.6 Å². The number of piperidine rings is 1. The average molecular weight is 511 g/mol. The first-order chi connectivity index (χ1) is 17.3. The highest BCUT2D eigenvalue weighted by Crippen LogP contribution is 2.25. The molecule has 1 fully saturated rings. The van der Waals surface area contributed by atoms with Crippen molar-refractivity contribution in [2.75, 3.05) is 18.4 Å². The molecule has 0 bridgehead atoms. The van der Waals surface area contributed by atoms with Gasteiger partial charge in [-0.2, -0.15) is 0 Å². The third-order valence-corrected chi connectivity index (χ3v) is 7.95. The molecule has 0 atom stereocenters. The van der Waals surface area contributed by atoms with Crippen LogP contribution in [0.25, 0.3) is 0 Å². The molecular weight excluding hydrogens is 483 g/mol. The van der Waals surface area contributed by atoms with E-state index in [1.54, 1.807) is 48.8 Å². The van der Waals surface area contributed by atoms with Crippen molar-refractivity contribution >= 4 is 27.5 Å². The number of aromatic nitrogens is 1. The molecule has 2 heterocycles. The molecule has 1 aliphatic rings. The van der Waals surface area contributed by atoms with Gasteiger partial charge < -0.3 is 10.6 Å². The number of hydrogen-bond acceptors (Lipinski definition) is 5. The number of carbonyl (C=O) groups is 2. The zero-order valence-electron chi connectivity index (χ0n) is 19.6. The quantitative estimate of drug-likeness (QED) is 0.483. The van der Waals surface area contributed by atoms with Gasteiger partial charge in [0.05, 0.1) is 17.0 Å². The van der Waals surface area contributed by atoms with Crippen molar-refractivity contribution < 1.29 is 22.4 Å². The number of hydrogen-bond donors (Lipinski definition) is 2. The number of pyridine rings is 1. The van der Waals surface area contributed by atoms with Gasteiger partial charge in [0.15, 0.2) is 0 Å². The number of benzene rings is 2. The van der Waals surface area contributed by atoms with E-state index in [0.29, 0.717) is 30.6 Å². The largest absolute Gasteiger partial charge is 0.348 e. The zero-order chi connectivity index (χ0) is 25.5. The second kappa shape index (κ2) is 11.4.